The summed E-state index contributed by atoms with van der Waals surface area (Å²) in [5, 5.41) is 2.36. The molecule has 16 heavy (non-hydrogen) atoms. The number of aromatic nitrogens is 1. The van der Waals surface area contributed by atoms with E-state index in [1.54, 1.807) is 17.4 Å². The molecule has 0 radical (unpaired) electrons. The van der Waals surface area contributed by atoms with Gasteiger partial charge in [-0.05, 0) is 23.8 Å². The quantitative estimate of drug-likeness (QED) is 0.929. The van der Waals surface area contributed by atoms with Crippen LogP contribution in [-0.4, -0.2) is 4.98 Å². The van der Waals surface area contributed by atoms with Crippen LogP contribution in [0.15, 0.2) is 24.4 Å². The third-order valence-electron chi connectivity index (χ3n) is 2.15. The summed E-state index contributed by atoms with van der Waals surface area (Å²) in [6, 6.07) is 5.47. The average molecular weight is 273 g/mol. The van der Waals surface area contributed by atoms with Crippen molar-refractivity contribution in [2.24, 2.45) is 5.73 Å². The summed E-state index contributed by atoms with van der Waals surface area (Å²) in [4.78, 5) is 5.34. The number of halogens is 2. The predicted molar refractivity (Wildman–Crippen MR) is 69.3 cm³/mol. The highest BCUT2D eigenvalue weighted by Gasteiger charge is 2.06. The summed E-state index contributed by atoms with van der Waals surface area (Å²) >= 11 is 13.6. The minimum absolute atomic E-state index is 0.480. The molecular formula is C11H10Cl2N2S. The average Bonchev–Trinajstić information content (AvgIpc) is 2.71. The Morgan fingerprint density at radius 2 is 2.12 bits per heavy atom. The highest BCUT2D eigenvalue weighted by atomic mass is 35.5. The molecule has 84 valence electrons. The van der Waals surface area contributed by atoms with Gasteiger partial charge in [0, 0.05) is 34.1 Å². The number of nitrogens with two attached hydrogens (primary N) is 1. The van der Waals surface area contributed by atoms with Gasteiger partial charge in [-0.2, -0.15) is 0 Å². The topological polar surface area (TPSA) is 38.9 Å². The number of thiazole rings is 1. The minimum atomic E-state index is 0.480. The first-order chi connectivity index (χ1) is 7.69. The van der Waals surface area contributed by atoms with Gasteiger partial charge in [0.05, 0.1) is 0 Å². The molecule has 0 fully saturated rings. The smallest absolute Gasteiger partial charge is 0.106 e. The second-order valence-corrected chi connectivity index (χ2v) is 5.38. The summed E-state index contributed by atoms with van der Waals surface area (Å²) in [5.41, 5.74) is 6.53. The van der Waals surface area contributed by atoms with Crippen LogP contribution in [0.2, 0.25) is 10.0 Å². The molecule has 0 spiro atoms. The van der Waals surface area contributed by atoms with Crippen molar-refractivity contribution >= 4 is 34.5 Å². The van der Waals surface area contributed by atoms with Gasteiger partial charge in [-0.3, -0.25) is 0 Å². The summed E-state index contributed by atoms with van der Waals surface area (Å²) < 4.78 is 0. The van der Waals surface area contributed by atoms with E-state index >= 15 is 0 Å². The van der Waals surface area contributed by atoms with Crippen LogP contribution in [0.1, 0.15) is 15.4 Å². The van der Waals surface area contributed by atoms with Crippen LogP contribution in [0.4, 0.5) is 0 Å². The number of benzene rings is 1. The van der Waals surface area contributed by atoms with E-state index < -0.39 is 0 Å². The zero-order valence-corrected chi connectivity index (χ0v) is 10.7. The Bertz CT molecular complexity index is 496. The zero-order valence-electron chi connectivity index (χ0n) is 8.41. The van der Waals surface area contributed by atoms with Crippen LogP contribution in [0, 0.1) is 0 Å². The van der Waals surface area contributed by atoms with Gasteiger partial charge in [0.15, 0.2) is 0 Å². The number of hydrogen-bond acceptors (Lipinski definition) is 3. The standard InChI is InChI=1S/C11H10Cl2N2S/c12-8-1-2-10(13)7(3-8)4-9-6-15-11(5-14)16-9/h1-3,6H,4-5,14H2. The Morgan fingerprint density at radius 1 is 1.31 bits per heavy atom. The van der Waals surface area contributed by atoms with E-state index in [1.165, 1.54) is 0 Å². The fourth-order valence-corrected chi connectivity index (χ4v) is 2.59. The van der Waals surface area contributed by atoms with Crippen molar-refractivity contribution in [2.75, 3.05) is 0 Å². The Hall–Kier alpha value is -0.610. The molecule has 2 rings (SSSR count). The lowest BCUT2D eigenvalue weighted by atomic mass is 10.1. The molecule has 0 amide bonds. The van der Waals surface area contributed by atoms with Gasteiger partial charge in [-0.1, -0.05) is 23.2 Å². The Balaban J connectivity index is 2.22. The fourth-order valence-electron chi connectivity index (χ4n) is 1.39. The number of nitrogens with zero attached hydrogens (tertiary/aromatic N) is 1. The van der Waals surface area contributed by atoms with E-state index in [0.29, 0.717) is 11.6 Å². The molecule has 0 aliphatic rings. The van der Waals surface area contributed by atoms with Crippen molar-refractivity contribution in [3.05, 3.63) is 49.9 Å². The molecule has 0 saturated carbocycles. The maximum absolute atomic E-state index is 6.09. The van der Waals surface area contributed by atoms with Gasteiger partial charge in [0.1, 0.15) is 5.01 Å². The maximum atomic E-state index is 6.09. The second kappa shape index (κ2) is 5.15. The maximum Gasteiger partial charge on any atom is 0.106 e. The van der Waals surface area contributed by atoms with Crippen LogP contribution < -0.4 is 5.73 Å². The Kier molecular flexibility index (Phi) is 3.82. The van der Waals surface area contributed by atoms with Gasteiger partial charge in [0.25, 0.3) is 0 Å². The van der Waals surface area contributed by atoms with E-state index in [2.05, 4.69) is 4.98 Å². The van der Waals surface area contributed by atoms with Crippen LogP contribution in [0.25, 0.3) is 0 Å². The predicted octanol–water partition coefficient (Wildman–Crippen LogP) is 3.50. The molecule has 0 aliphatic heterocycles. The van der Waals surface area contributed by atoms with E-state index in [-0.39, 0.29) is 0 Å². The van der Waals surface area contributed by atoms with Crippen LogP contribution in [0.3, 0.4) is 0 Å². The summed E-state index contributed by atoms with van der Waals surface area (Å²) in [7, 11) is 0. The summed E-state index contributed by atoms with van der Waals surface area (Å²) in [6.07, 6.45) is 2.58. The monoisotopic (exact) mass is 272 g/mol. The highest BCUT2D eigenvalue weighted by molar-refractivity contribution is 7.11. The van der Waals surface area contributed by atoms with Crippen molar-refractivity contribution in [3.63, 3.8) is 0 Å². The van der Waals surface area contributed by atoms with Crippen LogP contribution in [0.5, 0.6) is 0 Å². The van der Waals surface area contributed by atoms with Crippen LogP contribution in [-0.2, 0) is 13.0 Å². The molecule has 2 aromatic rings. The lowest BCUT2D eigenvalue weighted by molar-refractivity contribution is 1.04. The number of hydrogen-bond donors (Lipinski definition) is 1. The van der Waals surface area contributed by atoms with Gasteiger partial charge in [0.2, 0.25) is 0 Å². The number of rotatable bonds is 3. The SMILES string of the molecule is NCc1ncc(Cc2cc(Cl)ccc2Cl)s1. The van der Waals surface area contributed by atoms with Crippen molar-refractivity contribution in [1.82, 2.24) is 4.98 Å². The second-order valence-electron chi connectivity index (χ2n) is 3.34. The Labute approximate surface area is 108 Å². The molecule has 1 heterocycles. The molecule has 0 bridgehead atoms. The molecule has 0 aliphatic carbocycles. The van der Waals surface area contributed by atoms with Crippen molar-refractivity contribution in [2.45, 2.75) is 13.0 Å². The first-order valence-corrected chi connectivity index (χ1v) is 6.34. The van der Waals surface area contributed by atoms with Crippen LogP contribution >= 0.6 is 34.5 Å². The Morgan fingerprint density at radius 3 is 2.81 bits per heavy atom. The zero-order chi connectivity index (χ0) is 11.5. The molecule has 1 aromatic carbocycles. The van der Waals surface area contributed by atoms with Gasteiger partial charge in [-0.15, -0.1) is 11.3 Å². The summed E-state index contributed by atoms with van der Waals surface area (Å²) in [5.74, 6) is 0. The molecular weight excluding hydrogens is 263 g/mol. The molecule has 0 atom stereocenters. The van der Waals surface area contributed by atoms with Gasteiger partial charge in [-0.25, -0.2) is 4.98 Å². The van der Waals surface area contributed by atoms with Crippen molar-refractivity contribution in [3.8, 4) is 0 Å². The third kappa shape index (κ3) is 2.74. The molecule has 2 nitrogen and oxygen atoms in total. The normalized spacial score (nSPS) is 10.7. The van der Waals surface area contributed by atoms with Crippen molar-refractivity contribution < 1.29 is 0 Å². The van der Waals surface area contributed by atoms with E-state index in [9.17, 15) is 0 Å². The van der Waals surface area contributed by atoms with Gasteiger partial charge < -0.3 is 5.73 Å². The van der Waals surface area contributed by atoms with E-state index in [1.807, 2.05) is 18.3 Å². The molecule has 0 unspecified atom stereocenters. The lowest BCUT2D eigenvalue weighted by Gasteiger charge is -2.02. The largest absolute Gasteiger partial charge is 0.325 e. The first-order valence-electron chi connectivity index (χ1n) is 4.76. The fraction of sp³-hybridized carbons (Fsp3) is 0.182. The summed E-state index contributed by atoms with van der Waals surface area (Å²) in [6.45, 7) is 0.480. The third-order valence-corrected chi connectivity index (χ3v) is 3.77. The van der Waals surface area contributed by atoms with Gasteiger partial charge >= 0.3 is 0 Å². The highest BCUT2D eigenvalue weighted by Crippen LogP contribution is 2.25. The van der Waals surface area contributed by atoms with E-state index in [4.69, 9.17) is 28.9 Å². The molecule has 5 heteroatoms. The minimum Gasteiger partial charge on any atom is -0.325 e. The van der Waals surface area contributed by atoms with Crippen molar-refractivity contribution in [1.29, 1.82) is 0 Å². The first kappa shape index (κ1) is 11.9. The van der Waals surface area contributed by atoms with E-state index in [0.717, 1.165) is 26.9 Å². The lowest BCUT2D eigenvalue weighted by Crippen LogP contribution is -1.93. The molecule has 2 N–H and O–H groups in total. The molecule has 1 aromatic heterocycles. The molecule has 0 saturated heterocycles.